The van der Waals surface area contributed by atoms with Crippen molar-refractivity contribution in [3.63, 3.8) is 0 Å². The Morgan fingerprint density at radius 1 is 1.17 bits per heavy atom. The molecule has 0 bridgehead atoms. The molecule has 1 aromatic heterocycles. The first-order valence-electron chi connectivity index (χ1n) is 5.25. The first-order valence-corrected chi connectivity index (χ1v) is 6.04. The maximum absolute atomic E-state index is 13.8. The monoisotopic (exact) mass is 306 g/mol. The Balaban J connectivity index is 2.19. The number of halogens is 2. The van der Waals surface area contributed by atoms with E-state index in [0.717, 1.165) is 0 Å². The summed E-state index contributed by atoms with van der Waals surface area (Å²) in [4.78, 5) is 4.23. The molecule has 0 saturated heterocycles. The van der Waals surface area contributed by atoms with Crippen molar-refractivity contribution in [2.75, 3.05) is 5.73 Å². The van der Waals surface area contributed by atoms with Gasteiger partial charge < -0.3 is 10.2 Å². The van der Waals surface area contributed by atoms with Crippen LogP contribution >= 0.6 is 15.9 Å². The molecule has 3 rings (SSSR count). The fourth-order valence-electron chi connectivity index (χ4n) is 1.72. The van der Waals surface area contributed by atoms with Crippen molar-refractivity contribution in [1.29, 1.82) is 0 Å². The van der Waals surface area contributed by atoms with Crippen LogP contribution in [0.25, 0.3) is 22.6 Å². The number of anilines is 1. The number of fused-ring (bicyclic) bond motifs is 1. The number of hydrogen-bond acceptors (Lipinski definition) is 3. The third kappa shape index (κ3) is 1.86. The van der Waals surface area contributed by atoms with Crippen molar-refractivity contribution in [2.45, 2.75) is 0 Å². The van der Waals surface area contributed by atoms with Gasteiger partial charge in [0.2, 0.25) is 5.89 Å². The highest BCUT2D eigenvalue weighted by Crippen LogP contribution is 2.28. The van der Waals surface area contributed by atoms with Crippen LogP contribution in [0.1, 0.15) is 0 Å². The molecule has 0 spiro atoms. The molecule has 0 fully saturated rings. The van der Waals surface area contributed by atoms with Gasteiger partial charge >= 0.3 is 0 Å². The van der Waals surface area contributed by atoms with Crippen LogP contribution in [-0.2, 0) is 0 Å². The van der Waals surface area contributed by atoms with Gasteiger partial charge in [-0.05, 0) is 36.4 Å². The fraction of sp³-hybridized carbons (Fsp3) is 0. The Morgan fingerprint density at radius 3 is 2.78 bits per heavy atom. The lowest BCUT2D eigenvalue weighted by atomic mass is 10.2. The molecule has 5 heteroatoms. The SMILES string of the molecule is Nc1ccc2oc(-c3ccc(Br)cc3F)nc2c1. The number of nitrogen functional groups attached to an aromatic ring is 1. The summed E-state index contributed by atoms with van der Waals surface area (Å²) in [6, 6.07) is 9.86. The molecular weight excluding hydrogens is 299 g/mol. The number of oxazole rings is 1. The summed E-state index contributed by atoms with van der Waals surface area (Å²) in [5.41, 5.74) is 7.79. The maximum atomic E-state index is 13.8. The molecule has 0 saturated carbocycles. The van der Waals surface area contributed by atoms with E-state index in [4.69, 9.17) is 10.2 Å². The summed E-state index contributed by atoms with van der Waals surface area (Å²) in [7, 11) is 0. The summed E-state index contributed by atoms with van der Waals surface area (Å²) in [5, 5.41) is 0. The van der Waals surface area contributed by atoms with Crippen molar-refractivity contribution in [3.05, 3.63) is 46.7 Å². The quantitative estimate of drug-likeness (QED) is 0.692. The minimum absolute atomic E-state index is 0.251. The second-order valence-corrected chi connectivity index (χ2v) is 4.79. The Labute approximate surface area is 111 Å². The number of nitrogens with zero attached hydrogens (tertiary/aromatic N) is 1. The predicted molar refractivity (Wildman–Crippen MR) is 71.5 cm³/mol. The van der Waals surface area contributed by atoms with Gasteiger partial charge in [-0.2, -0.15) is 0 Å². The Hall–Kier alpha value is -1.88. The second kappa shape index (κ2) is 4.10. The van der Waals surface area contributed by atoms with E-state index in [0.29, 0.717) is 26.8 Å². The van der Waals surface area contributed by atoms with Crippen molar-refractivity contribution in [3.8, 4) is 11.5 Å². The highest BCUT2D eigenvalue weighted by atomic mass is 79.9. The number of aromatic nitrogens is 1. The molecule has 0 unspecified atom stereocenters. The van der Waals surface area contributed by atoms with Crippen LogP contribution in [0.3, 0.4) is 0 Å². The number of hydrogen-bond donors (Lipinski definition) is 1. The van der Waals surface area contributed by atoms with E-state index in [-0.39, 0.29) is 11.7 Å². The topological polar surface area (TPSA) is 52.0 Å². The lowest BCUT2D eigenvalue weighted by Gasteiger charge is -1.97. The van der Waals surface area contributed by atoms with E-state index in [1.54, 1.807) is 30.3 Å². The van der Waals surface area contributed by atoms with Gasteiger partial charge in [-0.25, -0.2) is 9.37 Å². The van der Waals surface area contributed by atoms with Crippen LogP contribution in [0.4, 0.5) is 10.1 Å². The number of benzene rings is 2. The molecule has 0 atom stereocenters. The van der Waals surface area contributed by atoms with Crippen molar-refractivity contribution < 1.29 is 8.81 Å². The second-order valence-electron chi connectivity index (χ2n) is 3.87. The lowest BCUT2D eigenvalue weighted by Crippen LogP contribution is -1.84. The first-order chi connectivity index (χ1) is 8.63. The third-order valence-electron chi connectivity index (χ3n) is 2.57. The largest absolute Gasteiger partial charge is 0.436 e. The molecule has 0 aliphatic rings. The number of nitrogens with two attached hydrogens (primary N) is 1. The van der Waals surface area contributed by atoms with Crippen LogP contribution in [0.2, 0.25) is 0 Å². The zero-order chi connectivity index (χ0) is 12.7. The van der Waals surface area contributed by atoms with Gasteiger partial charge in [0.15, 0.2) is 5.58 Å². The van der Waals surface area contributed by atoms with Gasteiger partial charge in [0.05, 0.1) is 5.56 Å². The average Bonchev–Trinajstić information content (AvgIpc) is 2.71. The minimum Gasteiger partial charge on any atom is -0.436 e. The van der Waals surface area contributed by atoms with Crippen LogP contribution in [-0.4, -0.2) is 4.98 Å². The third-order valence-corrected chi connectivity index (χ3v) is 3.07. The summed E-state index contributed by atoms with van der Waals surface area (Å²) in [6.45, 7) is 0. The van der Waals surface area contributed by atoms with Gasteiger partial charge in [0, 0.05) is 10.2 Å². The summed E-state index contributed by atoms with van der Waals surface area (Å²) in [5.74, 6) is -0.135. The van der Waals surface area contributed by atoms with Crippen molar-refractivity contribution in [2.24, 2.45) is 0 Å². The van der Waals surface area contributed by atoms with E-state index in [9.17, 15) is 4.39 Å². The Kier molecular flexibility index (Phi) is 2.56. The van der Waals surface area contributed by atoms with Crippen LogP contribution in [0.5, 0.6) is 0 Å². The average molecular weight is 307 g/mol. The summed E-state index contributed by atoms with van der Waals surface area (Å²) >= 11 is 3.21. The summed E-state index contributed by atoms with van der Waals surface area (Å²) in [6.07, 6.45) is 0. The molecular formula is C13H8BrFN2O. The van der Waals surface area contributed by atoms with Crippen molar-refractivity contribution in [1.82, 2.24) is 4.98 Å². The zero-order valence-electron chi connectivity index (χ0n) is 9.15. The Morgan fingerprint density at radius 2 is 2.00 bits per heavy atom. The summed E-state index contributed by atoms with van der Waals surface area (Å²) < 4.78 is 20.0. The predicted octanol–water partition coefficient (Wildman–Crippen LogP) is 3.98. The minimum atomic E-state index is -0.385. The number of rotatable bonds is 1. The van der Waals surface area contributed by atoms with Gasteiger partial charge in [-0.15, -0.1) is 0 Å². The lowest BCUT2D eigenvalue weighted by molar-refractivity contribution is 0.593. The molecule has 2 aromatic carbocycles. The first kappa shape index (κ1) is 11.2. The molecule has 0 aliphatic carbocycles. The van der Waals surface area contributed by atoms with E-state index in [1.807, 2.05) is 0 Å². The zero-order valence-corrected chi connectivity index (χ0v) is 10.7. The van der Waals surface area contributed by atoms with Gasteiger partial charge in [0.1, 0.15) is 11.3 Å². The normalized spacial score (nSPS) is 11.0. The smallest absolute Gasteiger partial charge is 0.230 e. The van der Waals surface area contributed by atoms with Crippen molar-refractivity contribution >= 4 is 32.7 Å². The van der Waals surface area contributed by atoms with Gasteiger partial charge in [0.25, 0.3) is 0 Å². The fourth-order valence-corrected chi connectivity index (χ4v) is 2.06. The maximum Gasteiger partial charge on any atom is 0.230 e. The highest BCUT2D eigenvalue weighted by molar-refractivity contribution is 9.10. The molecule has 0 amide bonds. The molecule has 18 heavy (non-hydrogen) atoms. The molecule has 3 nitrogen and oxygen atoms in total. The van der Waals surface area contributed by atoms with E-state index in [1.165, 1.54) is 6.07 Å². The standard InChI is InChI=1S/C13H8BrFN2O/c14-7-1-3-9(10(15)5-7)13-17-11-6-8(16)2-4-12(11)18-13/h1-6H,16H2. The molecule has 90 valence electrons. The van der Waals surface area contributed by atoms with E-state index < -0.39 is 0 Å². The van der Waals surface area contributed by atoms with E-state index in [2.05, 4.69) is 20.9 Å². The van der Waals surface area contributed by atoms with Gasteiger partial charge in [-0.1, -0.05) is 15.9 Å². The Bertz CT molecular complexity index is 739. The van der Waals surface area contributed by atoms with Gasteiger partial charge in [-0.3, -0.25) is 0 Å². The molecule has 1 heterocycles. The highest BCUT2D eigenvalue weighted by Gasteiger charge is 2.12. The van der Waals surface area contributed by atoms with Crippen LogP contribution in [0, 0.1) is 5.82 Å². The van der Waals surface area contributed by atoms with Crippen LogP contribution < -0.4 is 5.73 Å². The molecule has 2 N–H and O–H groups in total. The molecule has 0 aliphatic heterocycles. The molecule has 0 radical (unpaired) electrons. The van der Waals surface area contributed by atoms with Crippen LogP contribution in [0.15, 0.2) is 45.3 Å². The van der Waals surface area contributed by atoms with E-state index >= 15 is 0 Å². The molecule has 3 aromatic rings.